The molecule has 2 aromatic heterocycles. The van der Waals surface area contributed by atoms with Gasteiger partial charge in [-0.2, -0.15) is 5.10 Å². The highest BCUT2D eigenvalue weighted by atomic mass is 35.5. The van der Waals surface area contributed by atoms with E-state index in [1.54, 1.807) is 25.1 Å². The third-order valence-corrected chi connectivity index (χ3v) is 4.37. The zero-order chi connectivity index (χ0) is 15.4. The fraction of sp³-hybridized carbons (Fsp3) is 0.250. The second-order valence-electron chi connectivity index (χ2n) is 5.64. The largest absolute Gasteiger partial charge is 0.503 e. The Hall–Kier alpha value is -2.27. The minimum atomic E-state index is -0.409. The van der Waals surface area contributed by atoms with E-state index in [-0.39, 0.29) is 5.75 Å². The van der Waals surface area contributed by atoms with Crippen molar-refractivity contribution in [2.75, 3.05) is 0 Å². The van der Waals surface area contributed by atoms with E-state index in [2.05, 4.69) is 10.1 Å². The van der Waals surface area contributed by atoms with Gasteiger partial charge in [0.1, 0.15) is 5.65 Å². The van der Waals surface area contributed by atoms with Crippen LogP contribution in [0.2, 0.25) is 5.02 Å². The fourth-order valence-electron chi connectivity index (χ4n) is 2.79. The van der Waals surface area contributed by atoms with Gasteiger partial charge in [-0.3, -0.25) is 4.79 Å². The maximum atomic E-state index is 12.5. The standard InChI is InChI=1S/C16H14ClN3O2/c1-8-12-14(21)15(22)13(10-4-2-3-5-11(10)17)18-16(12)20(19-8)9-6-7-9/h2-5,9,22H,6-7H2,1H3,(H,18,21). The van der Waals surface area contributed by atoms with Crippen LogP contribution in [0.3, 0.4) is 0 Å². The van der Waals surface area contributed by atoms with E-state index in [0.717, 1.165) is 12.8 Å². The number of aromatic amines is 1. The summed E-state index contributed by atoms with van der Waals surface area (Å²) in [7, 11) is 0. The molecule has 0 amide bonds. The average molecular weight is 316 g/mol. The summed E-state index contributed by atoms with van der Waals surface area (Å²) in [6.45, 7) is 1.78. The lowest BCUT2D eigenvalue weighted by atomic mass is 10.1. The van der Waals surface area contributed by atoms with Crippen molar-refractivity contribution in [1.29, 1.82) is 0 Å². The lowest BCUT2D eigenvalue weighted by molar-refractivity contribution is 0.471. The minimum absolute atomic E-state index is 0.320. The third-order valence-electron chi connectivity index (χ3n) is 4.04. The van der Waals surface area contributed by atoms with E-state index in [4.69, 9.17) is 11.6 Å². The van der Waals surface area contributed by atoms with Gasteiger partial charge in [0, 0.05) is 5.56 Å². The maximum Gasteiger partial charge on any atom is 0.235 e. The molecule has 1 fully saturated rings. The first-order valence-electron chi connectivity index (χ1n) is 7.17. The van der Waals surface area contributed by atoms with Crippen LogP contribution in [0.4, 0.5) is 0 Å². The molecule has 0 bridgehead atoms. The molecule has 112 valence electrons. The van der Waals surface area contributed by atoms with E-state index < -0.39 is 5.43 Å². The second kappa shape index (κ2) is 4.61. The SMILES string of the molecule is Cc1nn(C2CC2)c2[nH]c(-c3ccccc3Cl)c(O)c(=O)c12. The molecule has 1 aliphatic carbocycles. The van der Waals surface area contributed by atoms with Crippen LogP contribution in [0.15, 0.2) is 29.1 Å². The number of benzene rings is 1. The van der Waals surface area contributed by atoms with E-state index in [1.807, 2.05) is 10.7 Å². The van der Waals surface area contributed by atoms with Crippen LogP contribution < -0.4 is 5.43 Å². The number of H-pyrrole nitrogens is 1. The predicted molar refractivity (Wildman–Crippen MR) is 85.5 cm³/mol. The molecule has 1 aliphatic rings. The zero-order valence-corrected chi connectivity index (χ0v) is 12.7. The average Bonchev–Trinajstić information content (AvgIpc) is 3.28. The molecule has 22 heavy (non-hydrogen) atoms. The smallest absolute Gasteiger partial charge is 0.235 e. The molecular weight excluding hydrogens is 302 g/mol. The molecule has 0 aliphatic heterocycles. The maximum absolute atomic E-state index is 12.5. The summed E-state index contributed by atoms with van der Waals surface area (Å²) in [6.07, 6.45) is 2.11. The van der Waals surface area contributed by atoms with Gasteiger partial charge in [-0.1, -0.05) is 29.8 Å². The molecule has 2 heterocycles. The molecule has 6 heteroatoms. The van der Waals surface area contributed by atoms with Crippen molar-refractivity contribution in [3.05, 3.63) is 45.2 Å². The number of hydrogen-bond donors (Lipinski definition) is 2. The molecule has 0 unspecified atom stereocenters. The van der Waals surface area contributed by atoms with Gasteiger partial charge in [0.05, 0.1) is 27.8 Å². The zero-order valence-electron chi connectivity index (χ0n) is 11.9. The molecule has 0 atom stereocenters. The number of rotatable bonds is 2. The molecule has 1 saturated carbocycles. The van der Waals surface area contributed by atoms with Crippen LogP contribution in [0.5, 0.6) is 5.75 Å². The number of pyridine rings is 1. The summed E-state index contributed by atoms with van der Waals surface area (Å²) in [6, 6.07) is 7.44. The molecule has 0 radical (unpaired) electrons. The number of nitrogens with zero attached hydrogens (tertiary/aromatic N) is 2. The van der Waals surface area contributed by atoms with Crippen LogP contribution in [0, 0.1) is 6.92 Å². The highest BCUT2D eigenvalue weighted by Crippen LogP contribution is 2.38. The van der Waals surface area contributed by atoms with E-state index in [9.17, 15) is 9.90 Å². The second-order valence-corrected chi connectivity index (χ2v) is 6.05. The quantitative estimate of drug-likeness (QED) is 0.761. The highest BCUT2D eigenvalue weighted by Gasteiger charge is 2.29. The first-order valence-corrected chi connectivity index (χ1v) is 7.54. The van der Waals surface area contributed by atoms with Crippen molar-refractivity contribution in [2.45, 2.75) is 25.8 Å². The Labute approximate surface area is 131 Å². The fourth-order valence-corrected chi connectivity index (χ4v) is 3.02. The van der Waals surface area contributed by atoms with Gasteiger partial charge in [0.25, 0.3) is 0 Å². The Bertz CT molecular complexity index is 954. The molecule has 1 aromatic carbocycles. The van der Waals surface area contributed by atoms with Crippen LogP contribution >= 0.6 is 11.6 Å². The van der Waals surface area contributed by atoms with Crippen molar-refractivity contribution < 1.29 is 5.11 Å². The number of aryl methyl sites for hydroxylation is 1. The molecule has 2 N–H and O–H groups in total. The third kappa shape index (κ3) is 1.85. The summed E-state index contributed by atoms with van der Waals surface area (Å²) < 4.78 is 1.85. The van der Waals surface area contributed by atoms with Crippen LogP contribution in [-0.2, 0) is 0 Å². The van der Waals surface area contributed by atoms with E-state index >= 15 is 0 Å². The first-order chi connectivity index (χ1) is 10.6. The topological polar surface area (TPSA) is 70.9 Å². The molecule has 4 rings (SSSR count). The lowest BCUT2D eigenvalue weighted by Crippen LogP contribution is -2.07. The monoisotopic (exact) mass is 315 g/mol. The number of hydrogen-bond acceptors (Lipinski definition) is 3. The molecule has 0 spiro atoms. The van der Waals surface area contributed by atoms with Gasteiger partial charge >= 0.3 is 0 Å². The number of nitrogens with one attached hydrogen (secondary N) is 1. The van der Waals surface area contributed by atoms with Crippen molar-refractivity contribution >= 4 is 22.6 Å². The summed E-state index contributed by atoms with van der Waals surface area (Å²) in [4.78, 5) is 15.7. The van der Waals surface area contributed by atoms with E-state index in [1.165, 1.54) is 0 Å². The number of halogens is 1. The molecular formula is C16H14ClN3O2. The first kappa shape index (κ1) is 13.4. The van der Waals surface area contributed by atoms with Gasteiger partial charge in [-0.05, 0) is 25.8 Å². The van der Waals surface area contributed by atoms with E-state index in [0.29, 0.717) is 39.0 Å². The van der Waals surface area contributed by atoms with Gasteiger partial charge in [-0.15, -0.1) is 0 Å². The van der Waals surface area contributed by atoms with Crippen LogP contribution in [0.1, 0.15) is 24.6 Å². The number of aromatic nitrogens is 3. The highest BCUT2D eigenvalue weighted by molar-refractivity contribution is 6.33. The summed E-state index contributed by atoms with van der Waals surface area (Å²) in [5, 5.41) is 15.7. The Morgan fingerprint density at radius 1 is 1.36 bits per heavy atom. The molecule has 5 nitrogen and oxygen atoms in total. The van der Waals surface area contributed by atoms with Crippen LogP contribution in [0.25, 0.3) is 22.3 Å². The molecule has 3 aromatic rings. The summed E-state index contributed by atoms with van der Waals surface area (Å²) >= 11 is 6.20. The summed E-state index contributed by atoms with van der Waals surface area (Å²) in [5.41, 5.74) is 1.81. The summed E-state index contributed by atoms with van der Waals surface area (Å²) in [5.74, 6) is -0.320. The van der Waals surface area contributed by atoms with Gasteiger partial charge < -0.3 is 10.1 Å². The minimum Gasteiger partial charge on any atom is -0.503 e. The normalized spacial score (nSPS) is 14.6. The Kier molecular flexibility index (Phi) is 2.81. The van der Waals surface area contributed by atoms with Crippen molar-refractivity contribution in [3.63, 3.8) is 0 Å². The Morgan fingerprint density at radius 2 is 2.09 bits per heavy atom. The Morgan fingerprint density at radius 3 is 2.77 bits per heavy atom. The Balaban J connectivity index is 2.08. The van der Waals surface area contributed by atoms with Gasteiger partial charge in [0.15, 0.2) is 5.75 Å². The van der Waals surface area contributed by atoms with Crippen molar-refractivity contribution in [2.24, 2.45) is 0 Å². The predicted octanol–water partition coefficient (Wildman–Crippen LogP) is 3.39. The van der Waals surface area contributed by atoms with Crippen molar-refractivity contribution in [3.8, 4) is 17.0 Å². The van der Waals surface area contributed by atoms with Crippen LogP contribution in [-0.4, -0.2) is 19.9 Å². The van der Waals surface area contributed by atoms with Crippen molar-refractivity contribution in [1.82, 2.24) is 14.8 Å². The van der Waals surface area contributed by atoms with Gasteiger partial charge in [0.2, 0.25) is 5.43 Å². The molecule has 0 saturated heterocycles. The number of aromatic hydroxyl groups is 1. The lowest BCUT2D eigenvalue weighted by Gasteiger charge is -2.08. The number of fused-ring (bicyclic) bond motifs is 1. The van der Waals surface area contributed by atoms with Gasteiger partial charge in [-0.25, -0.2) is 4.68 Å².